The van der Waals surface area contributed by atoms with Gasteiger partial charge in [-0.3, -0.25) is 0 Å². The Balaban J connectivity index is 4.12. The fourth-order valence-electron chi connectivity index (χ4n) is 7.44. The lowest BCUT2D eigenvalue weighted by atomic mass is 9.84. The first kappa shape index (κ1) is 46.9. The fraction of sp³-hybridized carbons (Fsp3) is 1.00. The molecule has 2 N–H and O–H groups in total. The van der Waals surface area contributed by atoms with E-state index in [-0.39, 0.29) is 6.61 Å². The number of hydrogen-bond donors (Lipinski definition) is 2. The van der Waals surface area contributed by atoms with Gasteiger partial charge in [-0.25, -0.2) is 0 Å². The summed E-state index contributed by atoms with van der Waals surface area (Å²) in [5.41, 5.74) is -0.561. The minimum atomic E-state index is -0.767. The maximum atomic E-state index is 11.0. The molecule has 0 aliphatic heterocycles. The van der Waals surface area contributed by atoms with Gasteiger partial charge >= 0.3 is 0 Å². The molecule has 0 saturated carbocycles. The van der Waals surface area contributed by atoms with E-state index < -0.39 is 11.7 Å². The molecule has 0 bridgehead atoms. The highest BCUT2D eigenvalue weighted by atomic mass is 16.5. The molecule has 0 aromatic heterocycles. The first-order chi connectivity index (χ1) is 23.2. The van der Waals surface area contributed by atoms with Gasteiger partial charge in [0.05, 0.1) is 12.2 Å². The summed E-state index contributed by atoms with van der Waals surface area (Å²) in [4.78, 5) is 0. The lowest BCUT2D eigenvalue weighted by Gasteiger charge is -2.38. The van der Waals surface area contributed by atoms with E-state index in [1.807, 2.05) is 0 Å². The van der Waals surface area contributed by atoms with Crippen LogP contribution in [0.4, 0.5) is 0 Å². The minimum Gasteiger partial charge on any atom is -0.394 e. The predicted molar refractivity (Wildman–Crippen MR) is 210 cm³/mol. The molecule has 0 fully saturated rings. The Morgan fingerprint density at radius 2 is 0.596 bits per heavy atom. The van der Waals surface area contributed by atoms with Crippen molar-refractivity contribution in [3.05, 3.63) is 0 Å². The summed E-state index contributed by atoms with van der Waals surface area (Å²) >= 11 is 0. The van der Waals surface area contributed by atoms with E-state index in [0.29, 0.717) is 6.61 Å². The van der Waals surface area contributed by atoms with Crippen molar-refractivity contribution in [1.82, 2.24) is 0 Å². The molecular weight excluding hydrogens is 576 g/mol. The van der Waals surface area contributed by atoms with Crippen LogP contribution in [0.25, 0.3) is 0 Å². The van der Waals surface area contributed by atoms with Crippen LogP contribution >= 0.6 is 0 Å². The number of hydrogen-bond acceptors (Lipinski definition) is 3. The van der Waals surface area contributed by atoms with Crippen LogP contribution in [0.5, 0.6) is 0 Å². The quantitative estimate of drug-likeness (QED) is 0.0638. The van der Waals surface area contributed by atoms with Crippen molar-refractivity contribution in [2.45, 2.75) is 270 Å². The molecule has 0 saturated heterocycles. The number of rotatable bonds is 41. The molecular formula is C44H90O3. The zero-order valence-electron chi connectivity index (χ0n) is 33.0. The van der Waals surface area contributed by atoms with Crippen LogP contribution in [-0.4, -0.2) is 35.1 Å². The van der Waals surface area contributed by atoms with E-state index in [1.54, 1.807) is 0 Å². The first-order valence-electron chi connectivity index (χ1n) is 22.1. The third-order valence-electron chi connectivity index (χ3n) is 10.8. The van der Waals surface area contributed by atoms with Crippen LogP contribution < -0.4 is 0 Å². The molecule has 0 aromatic carbocycles. The zero-order valence-corrected chi connectivity index (χ0v) is 33.0. The molecule has 0 heterocycles. The predicted octanol–water partition coefficient (Wildman–Crippen LogP) is 14.6. The number of aliphatic hydroxyl groups excluding tert-OH is 2. The van der Waals surface area contributed by atoms with E-state index >= 15 is 0 Å². The summed E-state index contributed by atoms with van der Waals surface area (Å²) < 4.78 is 6.52. The maximum Gasteiger partial charge on any atom is 0.106 e. The monoisotopic (exact) mass is 667 g/mol. The molecule has 0 spiro atoms. The Hall–Kier alpha value is -0.120. The van der Waals surface area contributed by atoms with Crippen molar-refractivity contribution in [1.29, 1.82) is 0 Å². The van der Waals surface area contributed by atoms with Gasteiger partial charge in [0, 0.05) is 6.61 Å². The third kappa shape index (κ3) is 31.6. The summed E-state index contributed by atoms with van der Waals surface area (Å²) in [6, 6.07) is 0. The maximum absolute atomic E-state index is 11.0. The van der Waals surface area contributed by atoms with E-state index in [1.165, 1.54) is 205 Å². The molecule has 0 rings (SSSR count). The van der Waals surface area contributed by atoms with E-state index in [2.05, 4.69) is 20.8 Å². The van der Waals surface area contributed by atoms with Crippen LogP contribution in [-0.2, 0) is 4.74 Å². The standard InChI is InChI=1S/C44H90O3/c1-4-7-10-12-14-16-18-20-22-24-26-28-30-32-34-36-39-44(43(46)42-45,47-41-38-9-6-3)40-37-35-33-31-29-27-25-23-21-19-17-15-13-11-8-5-2/h43,45-46H,4-42H2,1-3H3. The van der Waals surface area contributed by atoms with Crippen molar-refractivity contribution in [3.63, 3.8) is 0 Å². The highest BCUT2D eigenvalue weighted by Gasteiger charge is 2.37. The van der Waals surface area contributed by atoms with Crippen LogP contribution in [0.2, 0.25) is 0 Å². The largest absolute Gasteiger partial charge is 0.394 e. The van der Waals surface area contributed by atoms with E-state index in [0.717, 1.165) is 32.1 Å². The van der Waals surface area contributed by atoms with Crippen molar-refractivity contribution in [2.75, 3.05) is 13.2 Å². The average molecular weight is 667 g/mol. The van der Waals surface area contributed by atoms with Crippen LogP contribution in [0.3, 0.4) is 0 Å². The third-order valence-corrected chi connectivity index (χ3v) is 10.8. The smallest absolute Gasteiger partial charge is 0.106 e. The second-order valence-electron chi connectivity index (χ2n) is 15.4. The zero-order chi connectivity index (χ0) is 34.4. The van der Waals surface area contributed by atoms with Gasteiger partial charge in [0.2, 0.25) is 0 Å². The molecule has 3 heteroatoms. The van der Waals surface area contributed by atoms with Gasteiger partial charge in [-0.1, -0.05) is 239 Å². The van der Waals surface area contributed by atoms with Gasteiger partial charge in [0.15, 0.2) is 0 Å². The van der Waals surface area contributed by atoms with Crippen LogP contribution in [0.1, 0.15) is 258 Å². The van der Waals surface area contributed by atoms with Crippen molar-refractivity contribution in [2.24, 2.45) is 0 Å². The normalized spacial score (nSPS) is 12.7. The summed E-state index contributed by atoms with van der Waals surface area (Å²) in [5, 5.41) is 21.0. The van der Waals surface area contributed by atoms with Crippen LogP contribution in [0, 0.1) is 0 Å². The van der Waals surface area contributed by atoms with Gasteiger partial charge < -0.3 is 14.9 Å². The fourth-order valence-corrected chi connectivity index (χ4v) is 7.44. The van der Waals surface area contributed by atoms with Gasteiger partial charge in [0.1, 0.15) is 6.10 Å². The van der Waals surface area contributed by atoms with Gasteiger partial charge in [-0.15, -0.1) is 0 Å². The van der Waals surface area contributed by atoms with Gasteiger partial charge in [-0.05, 0) is 19.3 Å². The molecule has 1 atom stereocenters. The topological polar surface area (TPSA) is 49.7 Å². The lowest BCUT2D eigenvalue weighted by molar-refractivity contribution is -0.148. The Morgan fingerprint density at radius 3 is 0.851 bits per heavy atom. The number of aliphatic hydroxyl groups is 2. The van der Waals surface area contributed by atoms with Gasteiger partial charge in [0.25, 0.3) is 0 Å². The highest BCUT2D eigenvalue weighted by molar-refractivity contribution is 4.88. The van der Waals surface area contributed by atoms with E-state index in [4.69, 9.17) is 4.74 Å². The Labute approximate surface area is 297 Å². The molecule has 0 aliphatic carbocycles. The molecule has 0 radical (unpaired) electrons. The summed E-state index contributed by atoms with van der Waals surface area (Å²) in [6.07, 6.45) is 48.3. The molecule has 47 heavy (non-hydrogen) atoms. The highest BCUT2D eigenvalue weighted by Crippen LogP contribution is 2.32. The van der Waals surface area contributed by atoms with Crippen molar-refractivity contribution >= 4 is 0 Å². The summed E-state index contributed by atoms with van der Waals surface area (Å²) in [7, 11) is 0. The molecule has 284 valence electrons. The molecule has 0 aromatic rings. The SMILES string of the molecule is CCCCCCCCCCCCCCCCCCC(CCCCCCCCCCCCCCCCCC)(OCCCCC)C(O)CO. The molecule has 0 aliphatic rings. The van der Waals surface area contributed by atoms with Gasteiger partial charge in [-0.2, -0.15) is 0 Å². The average Bonchev–Trinajstić information content (AvgIpc) is 3.09. The Bertz CT molecular complexity index is 528. The molecule has 3 nitrogen and oxygen atoms in total. The molecule has 1 unspecified atom stereocenters. The van der Waals surface area contributed by atoms with Crippen LogP contribution in [0.15, 0.2) is 0 Å². The van der Waals surface area contributed by atoms with Crippen molar-refractivity contribution < 1.29 is 14.9 Å². The number of ether oxygens (including phenoxy) is 1. The minimum absolute atomic E-state index is 0.189. The lowest BCUT2D eigenvalue weighted by Crippen LogP contribution is -2.47. The molecule has 0 amide bonds. The van der Waals surface area contributed by atoms with E-state index in [9.17, 15) is 10.2 Å². The second kappa shape index (κ2) is 38.7. The Morgan fingerprint density at radius 1 is 0.362 bits per heavy atom. The second-order valence-corrected chi connectivity index (χ2v) is 15.4. The Kier molecular flexibility index (Phi) is 38.6. The summed E-state index contributed by atoms with van der Waals surface area (Å²) in [5.74, 6) is 0. The first-order valence-corrected chi connectivity index (χ1v) is 22.1. The van der Waals surface area contributed by atoms with Crippen molar-refractivity contribution in [3.8, 4) is 0 Å². The number of unbranched alkanes of at least 4 members (excludes halogenated alkanes) is 32. The summed E-state index contributed by atoms with van der Waals surface area (Å²) in [6.45, 7) is 7.34.